The molecule has 1 aliphatic heterocycles. The quantitative estimate of drug-likeness (QED) is 0.739. The van der Waals surface area contributed by atoms with Gasteiger partial charge in [0.2, 0.25) is 5.91 Å². The number of aromatic amines is 1. The van der Waals surface area contributed by atoms with Crippen LogP contribution in [0, 0.1) is 11.6 Å². The van der Waals surface area contributed by atoms with Crippen LogP contribution in [0.3, 0.4) is 0 Å². The molecule has 1 aromatic carbocycles. The van der Waals surface area contributed by atoms with E-state index < -0.39 is 11.6 Å². The van der Waals surface area contributed by atoms with Crippen LogP contribution in [0.5, 0.6) is 0 Å². The standard InChI is InChI=1S/C18H23F2N5O2S/c1-3-23-6-7-24(5-4-16(23)26)17-14(19)8-13(9-15(17)20)25-11-12(22-25)10-21-18(28)27-2/h8-9,11,22H,3-7,10H2,1-2H3,(H,21,28). The lowest BCUT2D eigenvalue weighted by molar-refractivity contribution is -0.130. The van der Waals surface area contributed by atoms with Crippen molar-refractivity contribution in [3.63, 3.8) is 0 Å². The van der Waals surface area contributed by atoms with Crippen LogP contribution in [-0.2, 0) is 16.1 Å². The van der Waals surface area contributed by atoms with E-state index in [1.165, 1.54) is 23.9 Å². The normalized spacial score (nSPS) is 14.9. The Labute approximate surface area is 167 Å². The number of nitrogens with one attached hydrogen (secondary N) is 2. The lowest BCUT2D eigenvalue weighted by atomic mass is 10.2. The largest absolute Gasteiger partial charge is 0.474 e. The zero-order valence-electron chi connectivity index (χ0n) is 15.8. The summed E-state index contributed by atoms with van der Waals surface area (Å²) in [5.74, 6) is -1.31. The van der Waals surface area contributed by atoms with Crippen LogP contribution >= 0.6 is 12.2 Å². The highest BCUT2D eigenvalue weighted by Crippen LogP contribution is 2.28. The fourth-order valence-corrected chi connectivity index (χ4v) is 3.26. The van der Waals surface area contributed by atoms with Crippen LogP contribution in [0.4, 0.5) is 14.5 Å². The van der Waals surface area contributed by atoms with Gasteiger partial charge in [0.1, 0.15) is 5.69 Å². The first-order valence-electron chi connectivity index (χ1n) is 9.03. The number of ether oxygens (including phenoxy) is 1. The molecule has 2 aromatic rings. The molecule has 1 saturated heterocycles. The predicted octanol–water partition coefficient (Wildman–Crippen LogP) is 2.16. The molecule has 2 N–H and O–H groups in total. The number of carbonyl (C=O) groups excluding carboxylic acids is 1. The number of amides is 1. The zero-order chi connectivity index (χ0) is 20.3. The number of hydrogen-bond donors (Lipinski definition) is 2. The summed E-state index contributed by atoms with van der Waals surface area (Å²) < 4.78 is 35.8. The molecule has 0 bridgehead atoms. The molecule has 0 unspecified atom stereocenters. The lowest BCUT2D eigenvalue weighted by Gasteiger charge is -2.25. The maximum Gasteiger partial charge on any atom is 0.256 e. The number of aromatic nitrogens is 2. The second-order valence-electron chi connectivity index (χ2n) is 6.45. The van der Waals surface area contributed by atoms with E-state index in [1.54, 1.807) is 16.0 Å². The van der Waals surface area contributed by atoms with E-state index in [2.05, 4.69) is 10.4 Å². The van der Waals surface area contributed by atoms with Crippen molar-refractivity contribution in [1.29, 1.82) is 0 Å². The number of thiocarbonyl (C=S) groups is 1. The molecule has 0 radical (unpaired) electrons. The zero-order valence-corrected chi connectivity index (χ0v) is 16.6. The number of likely N-dealkylation sites (N-methyl/N-ethyl adjacent to an activating group) is 1. The minimum Gasteiger partial charge on any atom is -0.474 e. The number of carbonyl (C=O) groups is 1. The lowest BCUT2D eigenvalue weighted by Crippen LogP contribution is -2.33. The second kappa shape index (κ2) is 8.59. The minimum absolute atomic E-state index is 0.00597. The molecule has 1 aliphatic rings. The molecule has 1 fully saturated rings. The SMILES string of the molecule is CCN1CCN(c2c(F)cc(-n3cc(CNC(=S)OC)[nH]3)cc2F)CCC1=O. The first-order valence-corrected chi connectivity index (χ1v) is 9.44. The van der Waals surface area contributed by atoms with Crippen LogP contribution in [0.1, 0.15) is 19.0 Å². The number of anilines is 1. The highest BCUT2D eigenvalue weighted by Gasteiger charge is 2.24. The van der Waals surface area contributed by atoms with Crippen molar-refractivity contribution >= 4 is 29.0 Å². The fraction of sp³-hybridized carbons (Fsp3) is 0.444. The van der Waals surface area contributed by atoms with Gasteiger partial charge in [0, 0.05) is 50.9 Å². The highest BCUT2D eigenvalue weighted by molar-refractivity contribution is 7.80. The molecule has 1 amide bonds. The van der Waals surface area contributed by atoms with Crippen molar-refractivity contribution in [3.8, 4) is 5.69 Å². The van der Waals surface area contributed by atoms with Crippen LogP contribution in [-0.4, -0.2) is 59.1 Å². The average molecular weight is 411 g/mol. The highest BCUT2D eigenvalue weighted by atomic mass is 32.1. The molecule has 152 valence electrons. The van der Waals surface area contributed by atoms with Gasteiger partial charge in [0.25, 0.3) is 5.17 Å². The third kappa shape index (κ3) is 4.27. The molecular formula is C18H23F2N5O2S. The first kappa shape index (κ1) is 20.1. The van der Waals surface area contributed by atoms with Gasteiger partial charge in [-0.15, -0.1) is 0 Å². The molecule has 0 atom stereocenters. The number of methoxy groups -OCH3 is 1. The van der Waals surface area contributed by atoms with Crippen molar-refractivity contribution in [3.05, 3.63) is 35.7 Å². The van der Waals surface area contributed by atoms with Crippen LogP contribution in [0.15, 0.2) is 18.3 Å². The maximum absolute atomic E-state index is 14.7. The molecule has 1 aromatic heterocycles. The molecule has 0 spiro atoms. The van der Waals surface area contributed by atoms with Crippen LogP contribution in [0.25, 0.3) is 5.69 Å². The summed E-state index contributed by atoms with van der Waals surface area (Å²) in [7, 11) is 1.47. The van der Waals surface area contributed by atoms with Gasteiger partial charge < -0.3 is 19.9 Å². The summed E-state index contributed by atoms with van der Waals surface area (Å²) in [4.78, 5) is 15.3. The molecule has 3 rings (SSSR count). The van der Waals surface area contributed by atoms with E-state index in [4.69, 9.17) is 17.0 Å². The van der Waals surface area contributed by atoms with Gasteiger partial charge in [0.05, 0.1) is 25.0 Å². The molecule has 0 saturated carbocycles. The van der Waals surface area contributed by atoms with E-state index in [0.717, 1.165) is 5.69 Å². The van der Waals surface area contributed by atoms with Crippen molar-refractivity contribution in [2.45, 2.75) is 19.9 Å². The minimum atomic E-state index is -0.658. The topological polar surface area (TPSA) is 65.5 Å². The Morgan fingerprint density at radius 3 is 2.57 bits per heavy atom. The number of halogens is 2. The van der Waals surface area contributed by atoms with Gasteiger partial charge in [-0.3, -0.25) is 14.6 Å². The fourth-order valence-electron chi connectivity index (χ4n) is 3.19. The van der Waals surface area contributed by atoms with Gasteiger partial charge in [0.15, 0.2) is 11.6 Å². The summed E-state index contributed by atoms with van der Waals surface area (Å²) in [6.45, 7) is 4.04. The summed E-state index contributed by atoms with van der Waals surface area (Å²) in [6.07, 6.45) is 1.95. The third-order valence-electron chi connectivity index (χ3n) is 4.72. The van der Waals surface area contributed by atoms with E-state index >= 15 is 0 Å². The Bertz CT molecular complexity index is 831. The number of hydrogen-bond acceptors (Lipinski definition) is 4. The predicted molar refractivity (Wildman–Crippen MR) is 106 cm³/mol. The summed E-state index contributed by atoms with van der Waals surface area (Å²) in [5, 5.41) is 6.11. The Morgan fingerprint density at radius 1 is 1.29 bits per heavy atom. The summed E-state index contributed by atoms with van der Waals surface area (Å²) in [5.41, 5.74) is 1.05. The van der Waals surface area contributed by atoms with Gasteiger partial charge in [-0.1, -0.05) is 0 Å². The Balaban J connectivity index is 1.73. The monoisotopic (exact) mass is 411 g/mol. The van der Waals surface area contributed by atoms with Crippen LogP contribution in [0.2, 0.25) is 0 Å². The molecule has 0 aliphatic carbocycles. The first-order chi connectivity index (χ1) is 13.4. The summed E-state index contributed by atoms with van der Waals surface area (Å²) >= 11 is 4.88. The van der Waals surface area contributed by atoms with Crippen LogP contribution < -0.4 is 10.2 Å². The number of H-pyrrole nitrogens is 1. The Hall–Kier alpha value is -2.62. The van der Waals surface area contributed by atoms with Crippen molar-refractivity contribution in [1.82, 2.24) is 20.0 Å². The number of rotatable bonds is 5. The van der Waals surface area contributed by atoms with E-state index in [1.807, 2.05) is 6.92 Å². The van der Waals surface area contributed by atoms with E-state index in [0.29, 0.717) is 38.4 Å². The third-order valence-corrected chi connectivity index (χ3v) is 5.03. The smallest absolute Gasteiger partial charge is 0.256 e. The molecule has 2 heterocycles. The van der Waals surface area contributed by atoms with E-state index in [-0.39, 0.29) is 23.2 Å². The van der Waals surface area contributed by atoms with Crippen molar-refractivity contribution in [2.24, 2.45) is 0 Å². The van der Waals surface area contributed by atoms with Gasteiger partial charge in [-0.2, -0.15) is 0 Å². The van der Waals surface area contributed by atoms with Gasteiger partial charge in [-0.05, 0) is 19.1 Å². The van der Waals surface area contributed by atoms with Crippen molar-refractivity contribution < 1.29 is 18.3 Å². The molecule has 28 heavy (non-hydrogen) atoms. The number of benzene rings is 1. The van der Waals surface area contributed by atoms with Gasteiger partial charge in [-0.25, -0.2) is 8.78 Å². The summed E-state index contributed by atoms with van der Waals surface area (Å²) in [6, 6.07) is 2.55. The number of nitrogens with zero attached hydrogens (tertiary/aromatic N) is 3. The van der Waals surface area contributed by atoms with E-state index in [9.17, 15) is 13.6 Å². The van der Waals surface area contributed by atoms with Gasteiger partial charge >= 0.3 is 0 Å². The molecular weight excluding hydrogens is 388 g/mol. The Kier molecular flexibility index (Phi) is 6.18. The van der Waals surface area contributed by atoms with Crippen molar-refractivity contribution in [2.75, 3.05) is 38.2 Å². The molecule has 10 heteroatoms. The molecule has 7 nitrogen and oxygen atoms in total. The Morgan fingerprint density at radius 2 is 1.96 bits per heavy atom. The average Bonchev–Trinajstić information content (AvgIpc) is 2.81. The maximum atomic E-state index is 14.7. The second-order valence-corrected chi connectivity index (χ2v) is 6.82.